The fraction of sp³-hybridized carbons (Fsp3) is 0.0909. The Hall–Kier alpha value is -4.11. The summed E-state index contributed by atoms with van der Waals surface area (Å²) in [6, 6.07) is 14.1. The molecule has 1 amide bonds. The second-order valence-corrected chi connectivity index (χ2v) is 7.39. The molecule has 9 nitrogen and oxygen atoms in total. The van der Waals surface area contributed by atoms with Gasteiger partial charge in [-0.15, -0.1) is 0 Å². The predicted octanol–water partition coefficient (Wildman–Crippen LogP) is 2.95. The maximum absolute atomic E-state index is 12.8. The first-order chi connectivity index (χ1) is 15.4. The van der Waals surface area contributed by atoms with Crippen molar-refractivity contribution in [1.29, 1.82) is 0 Å². The van der Waals surface area contributed by atoms with Crippen molar-refractivity contribution in [1.82, 2.24) is 24.6 Å². The molecule has 3 N–H and O–H groups in total. The zero-order valence-corrected chi connectivity index (χ0v) is 17.4. The molecule has 0 aliphatic rings. The number of aromatic amines is 1. The lowest BCUT2D eigenvalue weighted by atomic mass is 10.0. The van der Waals surface area contributed by atoms with E-state index in [9.17, 15) is 19.5 Å². The van der Waals surface area contributed by atoms with Crippen molar-refractivity contribution in [2.75, 3.05) is 0 Å². The van der Waals surface area contributed by atoms with Gasteiger partial charge in [-0.3, -0.25) is 19.5 Å². The molecule has 2 aromatic heterocycles. The van der Waals surface area contributed by atoms with Gasteiger partial charge < -0.3 is 15.0 Å². The Morgan fingerprint density at radius 2 is 1.91 bits per heavy atom. The molecule has 0 saturated heterocycles. The minimum atomic E-state index is -1.07. The molecule has 32 heavy (non-hydrogen) atoms. The molecule has 1 atom stereocenters. The number of amides is 1. The average molecular weight is 452 g/mol. The molecule has 0 fully saturated rings. The molecular weight excluding hydrogens is 434 g/mol. The number of hydrogen-bond acceptors (Lipinski definition) is 4. The van der Waals surface area contributed by atoms with Gasteiger partial charge in [-0.25, -0.2) is 9.67 Å². The smallest absolute Gasteiger partial charge is 0.305 e. The van der Waals surface area contributed by atoms with Crippen molar-refractivity contribution in [2.24, 2.45) is 0 Å². The normalized spacial score (nSPS) is 11.8. The van der Waals surface area contributed by atoms with Crippen LogP contribution in [0.15, 0.2) is 78.1 Å². The van der Waals surface area contributed by atoms with Crippen LogP contribution in [0.5, 0.6) is 0 Å². The van der Waals surface area contributed by atoms with Crippen LogP contribution in [0, 0.1) is 0 Å². The number of carbonyl (C=O) groups is 2. The van der Waals surface area contributed by atoms with Crippen LogP contribution in [0.2, 0.25) is 5.02 Å². The van der Waals surface area contributed by atoms with Crippen molar-refractivity contribution < 1.29 is 14.7 Å². The molecule has 162 valence electrons. The Kier molecular flexibility index (Phi) is 5.91. The van der Waals surface area contributed by atoms with Crippen molar-refractivity contribution in [2.45, 2.75) is 12.5 Å². The second-order valence-electron chi connectivity index (χ2n) is 6.98. The molecule has 1 unspecified atom stereocenters. The summed E-state index contributed by atoms with van der Waals surface area (Å²) in [5.41, 5.74) is 1.36. The number of carboxylic acids is 1. The van der Waals surface area contributed by atoms with Crippen LogP contribution in [0.4, 0.5) is 0 Å². The van der Waals surface area contributed by atoms with E-state index < -0.39 is 23.5 Å². The maximum atomic E-state index is 12.8. The molecule has 4 rings (SSSR count). The average Bonchev–Trinajstić information content (AvgIpc) is 3.44. The number of imidazole rings is 1. The van der Waals surface area contributed by atoms with E-state index in [1.807, 2.05) is 0 Å². The van der Waals surface area contributed by atoms with Gasteiger partial charge in [0.05, 0.1) is 29.5 Å². The molecule has 2 heterocycles. The van der Waals surface area contributed by atoms with Crippen LogP contribution >= 0.6 is 11.6 Å². The highest BCUT2D eigenvalue weighted by atomic mass is 35.5. The van der Waals surface area contributed by atoms with Crippen LogP contribution in [0.25, 0.3) is 11.4 Å². The van der Waals surface area contributed by atoms with Crippen LogP contribution in [0.3, 0.4) is 0 Å². The summed E-state index contributed by atoms with van der Waals surface area (Å²) in [6.45, 7) is 0. The maximum Gasteiger partial charge on any atom is 0.305 e. The molecule has 10 heteroatoms. The number of aromatic nitrogens is 4. The lowest BCUT2D eigenvalue weighted by molar-refractivity contribution is -0.137. The van der Waals surface area contributed by atoms with E-state index in [0.29, 0.717) is 16.3 Å². The van der Waals surface area contributed by atoms with Gasteiger partial charge in [0, 0.05) is 24.1 Å². The Morgan fingerprint density at radius 1 is 1.16 bits per heavy atom. The van der Waals surface area contributed by atoms with Gasteiger partial charge in [-0.05, 0) is 29.8 Å². The number of nitrogens with one attached hydrogen (secondary N) is 2. The summed E-state index contributed by atoms with van der Waals surface area (Å²) >= 11 is 6.14. The van der Waals surface area contributed by atoms with E-state index in [1.165, 1.54) is 0 Å². The summed E-state index contributed by atoms with van der Waals surface area (Å²) in [5, 5.41) is 15.1. The van der Waals surface area contributed by atoms with Crippen molar-refractivity contribution >= 4 is 23.5 Å². The molecule has 0 aliphatic carbocycles. The van der Waals surface area contributed by atoms with Crippen LogP contribution in [-0.4, -0.2) is 36.3 Å². The van der Waals surface area contributed by atoms with E-state index in [4.69, 9.17) is 11.6 Å². The summed E-state index contributed by atoms with van der Waals surface area (Å²) in [5.74, 6) is -1.69. The van der Waals surface area contributed by atoms with Gasteiger partial charge in [0.1, 0.15) is 5.69 Å². The van der Waals surface area contributed by atoms with Gasteiger partial charge in [-0.2, -0.15) is 0 Å². The summed E-state index contributed by atoms with van der Waals surface area (Å²) < 4.78 is 2.96. The highest BCUT2D eigenvalue weighted by Crippen LogP contribution is 2.21. The third-order valence-electron chi connectivity index (χ3n) is 4.84. The zero-order chi connectivity index (χ0) is 22.7. The van der Waals surface area contributed by atoms with Crippen molar-refractivity contribution in [3.8, 4) is 11.4 Å². The molecule has 4 aromatic rings. The fourth-order valence-electron chi connectivity index (χ4n) is 3.28. The molecular formula is C22H18ClN5O4. The summed E-state index contributed by atoms with van der Waals surface area (Å²) in [4.78, 5) is 40.6. The number of rotatable bonds is 7. The summed E-state index contributed by atoms with van der Waals surface area (Å²) in [6.07, 6.45) is 4.75. The van der Waals surface area contributed by atoms with Crippen LogP contribution in [-0.2, 0) is 4.79 Å². The quantitative estimate of drug-likeness (QED) is 0.398. The molecule has 0 spiro atoms. The van der Waals surface area contributed by atoms with E-state index >= 15 is 0 Å². The number of nitrogens with zero attached hydrogens (tertiary/aromatic N) is 3. The Bertz CT molecular complexity index is 1310. The van der Waals surface area contributed by atoms with Crippen LogP contribution < -0.4 is 10.9 Å². The Labute approximate surface area is 186 Å². The van der Waals surface area contributed by atoms with E-state index in [0.717, 1.165) is 16.4 Å². The SMILES string of the molecule is O=C(O)CC(NC(=O)c1cc(=O)n(-c2ccccc2Cl)[nH]1)c1ccc(-n2ccnc2)cc1. The van der Waals surface area contributed by atoms with E-state index in [1.54, 1.807) is 71.8 Å². The molecule has 0 bridgehead atoms. The molecule has 2 aromatic carbocycles. The Morgan fingerprint density at radius 3 is 2.56 bits per heavy atom. The number of carboxylic acid groups (broad SMARTS) is 1. The van der Waals surface area contributed by atoms with E-state index in [2.05, 4.69) is 15.4 Å². The van der Waals surface area contributed by atoms with Crippen molar-refractivity contribution in [3.05, 3.63) is 100.0 Å². The number of para-hydroxylation sites is 1. The first kappa shape index (κ1) is 21.1. The van der Waals surface area contributed by atoms with Gasteiger partial charge in [0.25, 0.3) is 11.5 Å². The van der Waals surface area contributed by atoms with Gasteiger partial charge in [-0.1, -0.05) is 35.9 Å². The second kappa shape index (κ2) is 8.94. The molecule has 0 radical (unpaired) electrons. The lowest BCUT2D eigenvalue weighted by Crippen LogP contribution is -2.30. The minimum Gasteiger partial charge on any atom is -0.481 e. The fourth-order valence-corrected chi connectivity index (χ4v) is 3.50. The number of benzene rings is 2. The lowest BCUT2D eigenvalue weighted by Gasteiger charge is -2.17. The summed E-state index contributed by atoms with van der Waals surface area (Å²) in [7, 11) is 0. The first-order valence-electron chi connectivity index (χ1n) is 9.60. The topological polar surface area (TPSA) is 122 Å². The van der Waals surface area contributed by atoms with E-state index in [-0.39, 0.29) is 12.1 Å². The van der Waals surface area contributed by atoms with Crippen LogP contribution in [0.1, 0.15) is 28.5 Å². The van der Waals surface area contributed by atoms with Gasteiger partial charge in [0.15, 0.2) is 0 Å². The molecule has 0 aliphatic heterocycles. The minimum absolute atomic E-state index is 0.0136. The van der Waals surface area contributed by atoms with Gasteiger partial charge >= 0.3 is 5.97 Å². The number of H-pyrrole nitrogens is 1. The third kappa shape index (κ3) is 4.47. The Balaban J connectivity index is 1.58. The highest BCUT2D eigenvalue weighted by molar-refractivity contribution is 6.32. The largest absolute Gasteiger partial charge is 0.481 e. The number of hydrogen-bond donors (Lipinski definition) is 3. The number of carbonyl (C=O) groups excluding carboxylic acids is 1. The standard InChI is InChI=1S/C22H18ClN5O4/c23-16-3-1-2-4-19(16)28-20(29)11-18(26-28)22(32)25-17(12-21(30)31)14-5-7-15(8-6-14)27-10-9-24-13-27/h1-11,13,17,26H,12H2,(H,25,32)(H,30,31). The van der Waals surface area contributed by atoms with Crippen molar-refractivity contribution in [3.63, 3.8) is 0 Å². The monoisotopic (exact) mass is 451 g/mol. The number of aliphatic carboxylic acids is 1. The molecule has 0 saturated carbocycles. The highest BCUT2D eigenvalue weighted by Gasteiger charge is 2.21. The first-order valence-corrected chi connectivity index (χ1v) is 9.98. The van der Waals surface area contributed by atoms with Gasteiger partial charge in [0.2, 0.25) is 0 Å². The predicted molar refractivity (Wildman–Crippen MR) is 117 cm³/mol. The number of halogens is 1. The zero-order valence-electron chi connectivity index (χ0n) is 16.6. The third-order valence-corrected chi connectivity index (χ3v) is 5.16.